The fourth-order valence-electron chi connectivity index (χ4n) is 3.59. The molecule has 0 radical (unpaired) electrons. The maximum absolute atomic E-state index is 9.25. The molecule has 21 heavy (non-hydrogen) atoms. The van der Waals surface area contributed by atoms with E-state index >= 15 is 0 Å². The third-order valence-corrected chi connectivity index (χ3v) is 4.62. The average Bonchev–Trinajstić information content (AvgIpc) is 2.69. The monoisotopic (exact) mass is 275 g/mol. The van der Waals surface area contributed by atoms with E-state index in [9.17, 15) is 5.26 Å². The van der Waals surface area contributed by atoms with Gasteiger partial charge in [-0.05, 0) is 29.2 Å². The van der Waals surface area contributed by atoms with Crippen molar-refractivity contribution in [3.8, 4) is 6.19 Å². The number of piperazine rings is 1. The Labute approximate surface area is 125 Å². The Bertz CT molecular complexity index is 716. The largest absolute Gasteiger partial charge is 0.361 e. The van der Waals surface area contributed by atoms with E-state index in [1.165, 1.54) is 22.4 Å². The fourth-order valence-corrected chi connectivity index (χ4v) is 3.59. The van der Waals surface area contributed by atoms with E-state index in [1.807, 2.05) is 4.90 Å². The lowest BCUT2D eigenvalue weighted by molar-refractivity contribution is 0.312. The zero-order chi connectivity index (χ0) is 14.2. The second kappa shape index (κ2) is 4.82. The van der Waals surface area contributed by atoms with Crippen LogP contribution in [0.5, 0.6) is 0 Å². The van der Waals surface area contributed by atoms with Crippen molar-refractivity contribution in [1.29, 1.82) is 5.26 Å². The fraction of sp³-hybridized carbons (Fsp3) is 0.278. The van der Waals surface area contributed by atoms with Crippen LogP contribution < -0.4 is 4.90 Å². The number of nitriles is 1. The second-order valence-electron chi connectivity index (χ2n) is 5.76. The van der Waals surface area contributed by atoms with Gasteiger partial charge < -0.3 is 9.80 Å². The van der Waals surface area contributed by atoms with Crippen LogP contribution in [0.2, 0.25) is 0 Å². The van der Waals surface area contributed by atoms with Crippen molar-refractivity contribution in [3.63, 3.8) is 0 Å². The van der Waals surface area contributed by atoms with Crippen molar-refractivity contribution in [2.75, 3.05) is 24.5 Å². The number of hydrogen-bond donors (Lipinski definition) is 0. The molecule has 0 aromatic heterocycles. The maximum atomic E-state index is 9.25. The topological polar surface area (TPSA) is 30.3 Å². The van der Waals surface area contributed by atoms with Crippen molar-refractivity contribution in [2.45, 2.75) is 12.5 Å². The molecule has 1 fully saturated rings. The van der Waals surface area contributed by atoms with Crippen LogP contribution in [0, 0.1) is 11.5 Å². The second-order valence-corrected chi connectivity index (χ2v) is 5.76. The molecule has 2 heterocycles. The lowest BCUT2D eigenvalue weighted by Gasteiger charge is -2.41. The minimum Gasteiger partial charge on any atom is -0.361 e. The molecule has 2 aromatic rings. The third-order valence-electron chi connectivity index (χ3n) is 4.62. The minimum atomic E-state index is 0.276. The molecule has 0 spiro atoms. The van der Waals surface area contributed by atoms with Crippen LogP contribution >= 0.6 is 0 Å². The number of para-hydroxylation sites is 1. The van der Waals surface area contributed by atoms with E-state index in [2.05, 4.69) is 59.6 Å². The lowest BCUT2D eigenvalue weighted by atomic mass is 9.96. The smallest absolute Gasteiger partial charge is 0.179 e. The minimum absolute atomic E-state index is 0.276. The van der Waals surface area contributed by atoms with E-state index in [0.717, 1.165) is 26.1 Å². The van der Waals surface area contributed by atoms with Crippen molar-refractivity contribution in [3.05, 3.63) is 65.2 Å². The Morgan fingerprint density at radius 2 is 1.71 bits per heavy atom. The molecule has 2 aromatic carbocycles. The maximum Gasteiger partial charge on any atom is 0.179 e. The zero-order valence-electron chi connectivity index (χ0n) is 11.9. The SMILES string of the molecule is N#CN1CCN2c3ccccc3Cc3ccccc3C2C1. The van der Waals surface area contributed by atoms with Crippen molar-refractivity contribution >= 4 is 5.69 Å². The van der Waals surface area contributed by atoms with Gasteiger partial charge in [-0.2, -0.15) is 5.26 Å². The number of nitrogens with zero attached hydrogens (tertiary/aromatic N) is 3. The molecule has 0 amide bonds. The van der Waals surface area contributed by atoms with E-state index in [0.29, 0.717) is 0 Å². The molecule has 104 valence electrons. The summed E-state index contributed by atoms with van der Waals surface area (Å²) in [6.45, 7) is 2.49. The highest BCUT2D eigenvalue weighted by Crippen LogP contribution is 2.38. The Morgan fingerprint density at radius 1 is 0.952 bits per heavy atom. The number of anilines is 1. The molecule has 0 bridgehead atoms. The molecule has 0 N–H and O–H groups in total. The molecule has 1 atom stereocenters. The van der Waals surface area contributed by atoms with Crippen molar-refractivity contribution in [1.82, 2.24) is 4.90 Å². The van der Waals surface area contributed by atoms with Crippen molar-refractivity contribution < 1.29 is 0 Å². The summed E-state index contributed by atoms with van der Waals surface area (Å²) in [6.07, 6.45) is 3.30. The predicted octanol–water partition coefficient (Wildman–Crippen LogP) is 2.94. The number of benzene rings is 2. The Hall–Kier alpha value is -2.47. The zero-order valence-corrected chi connectivity index (χ0v) is 11.9. The van der Waals surface area contributed by atoms with Crippen LogP contribution in [0.4, 0.5) is 5.69 Å². The van der Waals surface area contributed by atoms with Gasteiger partial charge in [0.15, 0.2) is 6.19 Å². The van der Waals surface area contributed by atoms with Gasteiger partial charge in [0.1, 0.15) is 0 Å². The molecule has 4 rings (SSSR count). The number of hydrogen-bond acceptors (Lipinski definition) is 3. The van der Waals surface area contributed by atoms with Gasteiger partial charge in [0, 0.05) is 18.8 Å². The van der Waals surface area contributed by atoms with Gasteiger partial charge >= 0.3 is 0 Å². The van der Waals surface area contributed by atoms with Crippen LogP contribution in [0.3, 0.4) is 0 Å². The molecule has 2 aliphatic rings. The van der Waals surface area contributed by atoms with E-state index in [1.54, 1.807) is 0 Å². The highest BCUT2D eigenvalue weighted by atomic mass is 15.3. The Morgan fingerprint density at radius 3 is 2.57 bits per heavy atom. The van der Waals surface area contributed by atoms with Gasteiger partial charge in [-0.25, -0.2) is 0 Å². The first-order valence-electron chi connectivity index (χ1n) is 7.44. The summed E-state index contributed by atoms with van der Waals surface area (Å²) >= 11 is 0. The average molecular weight is 275 g/mol. The summed E-state index contributed by atoms with van der Waals surface area (Å²) in [5.74, 6) is 0. The van der Waals surface area contributed by atoms with Gasteiger partial charge in [0.2, 0.25) is 0 Å². The number of fused-ring (bicyclic) bond motifs is 5. The van der Waals surface area contributed by atoms with Gasteiger partial charge in [0.05, 0.1) is 12.6 Å². The molecule has 2 aliphatic heterocycles. The molecule has 3 nitrogen and oxygen atoms in total. The van der Waals surface area contributed by atoms with E-state index in [-0.39, 0.29) is 6.04 Å². The quantitative estimate of drug-likeness (QED) is 0.693. The molecule has 3 heteroatoms. The first-order valence-corrected chi connectivity index (χ1v) is 7.44. The van der Waals surface area contributed by atoms with Gasteiger partial charge in [-0.1, -0.05) is 42.5 Å². The first kappa shape index (κ1) is 12.3. The van der Waals surface area contributed by atoms with Crippen LogP contribution in [-0.2, 0) is 6.42 Å². The van der Waals surface area contributed by atoms with Crippen LogP contribution in [0.15, 0.2) is 48.5 Å². The summed E-state index contributed by atoms with van der Waals surface area (Å²) in [7, 11) is 0. The lowest BCUT2D eigenvalue weighted by Crippen LogP contribution is -2.46. The summed E-state index contributed by atoms with van der Waals surface area (Å²) in [6, 6.07) is 17.6. The molecule has 0 saturated carbocycles. The highest BCUT2D eigenvalue weighted by Gasteiger charge is 2.32. The molecular weight excluding hydrogens is 258 g/mol. The highest BCUT2D eigenvalue weighted by molar-refractivity contribution is 5.60. The van der Waals surface area contributed by atoms with Crippen molar-refractivity contribution in [2.24, 2.45) is 0 Å². The summed E-state index contributed by atoms with van der Waals surface area (Å²) in [4.78, 5) is 4.36. The van der Waals surface area contributed by atoms with E-state index < -0.39 is 0 Å². The van der Waals surface area contributed by atoms with E-state index in [4.69, 9.17) is 0 Å². The van der Waals surface area contributed by atoms with Gasteiger partial charge in [0.25, 0.3) is 0 Å². The first-order chi connectivity index (χ1) is 10.4. The van der Waals surface area contributed by atoms with Gasteiger partial charge in [-0.3, -0.25) is 0 Å². The molecule has 0 aliphatic carbocycles. The molecular formula is C18H17N3. The van der Waals surface area contributed by atoms with Crippen LogP contribution in [0.25, 0.3) is 0 Å². The normalized spacial score (nSPS) is 19.9. The summed E-state index contributed by atoms with van der Waals surface area (Å²) in [5.41, 5.74) is 5.47. The third kappa shape index (κ3) is 1.95. The van der Waals surface area contributed by atoms with Gasteiger partial charge in [-0.15, -0.1) is 0 Å². The Kier molecular flexibility index (Phi) is 2.82. The predicted molar refractivity (Wildman–Crippen MR) is 83.0 cm³/mol. The van der Waals surface area contributed by atoms with Crippen LogP contribution in [-0.4, -0.2) is 24.5 Å². The molecule has 1 unspecified atom stereocenters. The Balaban J connectivity index is 1.88. The number of rotatable bonds is 0. The summed E-state index contributed by atoms with van der Waals surface area (Å²) in [5, 5.41) is 9.25. The summed E-state index contributed by atoms with van der Waals surface area (Å²) < 4.78 is 0. The standard InChI is InChI=1S/C18H17N3/c19-13-20-9-10-21-17-8-4-2-6-15(17)11-14-5-1-3-7-16(14)18(21)12-20/h1-8,18H,9-12H2. The van der Waals surface area contributed by atoms with Crippen LogP contribution in [0.1, 0.15) is 22.7 Å². The molecule has 1 saturated heterocycles.